The molecule has 0 atom stereocenters. The van der Waals surface area contributed by atoms with Gasteiger partial charge in [0.1, 0.15) is 5.82 Å². The van der Waals surface area contributed by atoms with Gasteiger partial charge in [-0.1, -0.05) is 29.8 Å². The number of rotatable bonds is 4. The van der Waals surface area contributed by atoms with Crippen LogP contribution in [0.2, 0.25) is 0 Å². The van der Waals surface area contributed by atoms with Crippen LogP contribution in [-0.2, 0) is 15.8 Å². The summed E-state index contributed by atoms with van der Waals surface area (Å²) in [5.74, 6) is -0.444. The maximum atomic E-state index is 12.9. The smallest absolute Gasteiger partial charge is 0.218 e. The topological polar surface area (TPSA) is 40.6 Å². The third-order valence-electron chi connectivity index (χ3n) is 4.29. The van der Waals surface area contributed by atoms with Gasteiger partial charge in [0.25, 0.3) is 0 Å². The summed E-state index contributed by atoms with van der Waals surface area (Å²) in [5.41, 5.74) is 2.94. The first-order chi connectivity index (χ1) is 11.4. The number of piperazine rings is 1. The van der Waals surface area contributed by atoms with Crippen LogP contribution in [0.1, 0.15) is 11.1 Å². The zero-order chi connectivity index (χ0) is 17.2. The number of benzene rings is 2. The molecule has 0 bridgehead atoms. The second-order valence-corrected chi connectivity index (χ2v) is 8.07. The lowest BCUT2D eigenvalue weighted by Gasteiger charge is -2.35. The molecule has 0 aromatic heterocycles. The second kappa shape index (κ2) is 6.91. The zero-order valence-corrected chi connectivity index (χ0v) is 14.5. The van der Waals surface area contributed by atoms with E-state index >= 15 is 0 Å². The minimum Gasteiger partial charge on any atom is -0.369 e. The fraction of sp³-hybridized carbons (Fsp3) is 0.333. The van der Waals surface area contributed by atoms with Crippen molar-refractivity contribution in [3.63, 3.8) is 0 Å². The summed E-state index contributed by atoms with van der Waals surface area (Å²) in [6.07, 6.45) is 0. The summed E-state index contributed by atoms with van der Waals surface area (Å²) in [6, 6.07) is 13.9. The van der Waals surface area contributed by atoms with Crippen LogP contribution in [0.5, 0.6) is 0 Å². The van der Waals surface area contributed by atoms with Crippen molar-refractivity contribution >= 4 is 15.7 Å². The Labute approximate surface area is 142 Å². The number of nitrogens with zero attached hydrogens (tertiary/aromatic N) is 2. The van der Waals surface area contributed by atoms with Gasteiger partial charge < -0.3 is 4.90 Å². The van der Waals surface area contributed by atoms with Crippen LogP contribution < -0.4 is 4.90 Å². The van der Waals surface area contributed by atoms with Gasteiger partial charge in [-0.2, -0.15) is 4.31 Å². The molecule has 1 aliphatic rings. The van der Waals surface area contributed by atoms with Gasteiger partial charge in [-0.25, -0.2) is 12.8 Å². The number of sulfonamides is 1. The highest BCUT2D eigenvalue weighted by Gasteiger charge is 2.27. The predicted octanol–water partition coefficient (Wildman–Crippen LogP) is 2.79. The van der Waals surface area contributed by atoms with Crippen LogP contribution in [0.15, 0.2) is 48.5 Å². The lowest BCUT2D eigenvalue weighted by Crippen LogP contribution is -2.49. The molecule has 0 aliphatic carbocycles. The highest BCUT2D eigenvalue weighted by molar-refractivity contribution is 7.88. The van der Waals surface area contributed by atoms with Crippen molar-refractivity contribution in [2.24, 2.45) is 0 Å². The van der Waals surface area contributed by atoms with Gasteiger partial charge in [-0.15, -0.1) is 0 Å². The van der Waals surface area contributed by atoms with Crippen LogP contribution in [-0.4, -0.2) is 38.9 Å². The number of halogens is 1. The molecule has 0 unspecified atom stereocenters. The average Bonchev–Trinajstić information content (AvgIpc) is 2.58. The van der Waals surface area contributed by atoms with E-state index in [9.17, 15) is 12.8 Å². The Kier molecular flexibility index (Phi) is 4.87. The Hall–Kier alpha value is -1.92. The molecule has 1 saturated heterocycles. The second-order valence-electron chi connectivity index (χ2n) is 6.10. The molecule has 6 heteroatoms. The summed E-state index contributed by atoms with van der Waals surface area (Å²) in [6.45, 7) is 4.33. The minimum absolute atomic E-state index is 0.0855. The number of anilines is 1. The third kappa shape index (κ3) is 3.94. The van der Waals surface area contributed by atoms with Gasteiger partial charge in [0.05, 0.1) is 5.75 Å². The van der Waals surface area contributed by atoms with E-state index in [0.717, 1.165) is 5.69 Å². The Morgan fingerprint density at radius 3 is 2.08 bits per heavy atom. The molecule has 0 N–H and O–H groups in total. The highest BCUT2D eigenvalue weighted by Crippen LogP contribution is 2.19. The Bertz CT molecular complexity index is 781. The first-order valence-electron chi connectivity index (χ1n) is 7.98. The van der Waals surface area contributed by atoms with E-state index < -0.39 is 10.0 Å². The van der Waals surface area contributed by atoms with Crippen LogP contribution in [0.3, 0.4) is 0 Å². The van der Waals surface area contributed by atoms with E-state index in [-0.39, 0.29) is 11.6 Å². The van der Waals surface area contributed by atoms with Gasteiger partial charge in [0, 0.05) is 31.9 Å². The van der Waals surface area contributed by atoms with Gasteiger partial charge in [-0.05, 0) is 36.8 Å². The quantitative estimate of drug-likeness (QED) is 0.853. The molecule has 3 rings (SSSR count). The lowest BCUT2D eigenvalue weighted by atomic mass is 10.2. The van der Waals surface area contributed by atoms with Gasteiger partial charge in [0.15, 0.2) is 0 Å². The molecule has 2 aromatic rings. The van der Waals surface area contributed by atoms with Crippen molar-refractivity contribution in [1.29, 1.82) is 0 Å². The first kappa shape index (κ1) is 16.9. The van der Waals surface area contributed by atoms with Crippen molar-refractivity contribution in [3.8, 4) is 0 Å². The molecular formula is C18H21FN2O2S. The monoisotopic (exact) mass is 348 g/mol. The van der Waals surface area contributed by atoms with Crippen LogP contribution in [0.4, 0.5) is 10.1 Å². The summed E-state index contributed by atoms with van der Waals surface area (Å²) in [4.78, 5) is 2.20. The highest BCUT2D eigenvalue weighted by atomic mass is 32.2. The van der Waals surface area contributed by atoms with Gasteiger partial charge in [-0.3, -0.25) is 0 Å². The van der Waals surface area contributed by atoms with E-state index in [2.05, 4.69) is 29.2 Å². The van der Waals surface area contributed by atoms with E-state index in [1.165, 1.54) is 34.1 Å². The molecule has 128 valence electrons. The van der Waals surface area contributed by atoms with Crippen LogP contribution >= 0.6 is 0 Å². The Morgan fingerprint density at radius 2 is 1.50 bits per heavy atom. The minimum atomic E-state index is -3.38. The molecular weight excluding hydrogens is 327 g/mol. The maximum absolute atomic E-state index is 12.9. The largest absolute Gasteiger partial charge is 0.369 e. The zero-order valence-electron chi connectivity index (χ0n) is 13.7. The summed E-state index contributed by atoms with van der Waals surface area (Å²) >= 11 is 0. The van der Waals surface area contributed by atoms with Crippen molar-refractivity contribution < 1.29 is 12.8 Å². The predicted molar refractivity (Wildman–Crippen MR) is 94.0 cm³/mol. The van der Waals surface area contributed by atoms with E-state index in [0.29, 0.717) is 31.7 Å². The molecule has 1 fully saturated rings. The molecule has 0 amide bonds. The molecule has 0 radical (unpaired) electrons. The normalized spacial score (nSPS) is 16.3. The summed E-state index contributed by atoms with van der Waals surface area (Å²) < 4.78 is 39.5. The summed E-state index contributed by atoms with van der Waals surface area (Å²) in [5, 5.41) is 0. The van der Waals surface area contributed by atoms with Gasteiger partial charge in [0.2, 0.25) is 10.0 Å². The van der Waals surface area contributed by atoms with Crippen molar-refractivity contribution in [2.75, 3.05) is 31.1 Å². The SMILES string of the molecule is Cc1ccc(N2CCN(S(=O)(=O)Cc3ccc(F)cc3)CC2)cc1. The molecule has 1 aliphatic heterocycles. The fourth-order valence-electron chi connectivity index (χ4n) is 2.86. The molecule has 4 nitrogen and oxygen atoms in total. The van der Waals surface area contributed by atoms with E-state index in [4.69, 9.17) is 0 Å². The van der Waals surface area contributed by atoms with E-state index in [1.54, 1.807) is 0 Å². The Balaban J connectivity index is 1.62. The molecule has 0 saturated carbocycles. The summed E-state index contributed by atoms with van der Waals surface area (Å²) in [7, 11) is -3.38. The standard InChI is InChI=1S/C18H21FN2O2S/c1-15-2-8-18(9-3-15)20-10-12-21(13-11-20)24(22,23)14-16-4-6-17(19)7-5-16/h2-9H,10-14H2,1H3. The van der Waals surface area contributed by atoms with Gasteiger partial charge >= 0.3 is 0 Å². The third-order valence-corrected chi connectivity index (χ3v) is 6.14. The Morgan fingerprint density at radius 1 is 0.917 bits per heavy atom. The van der Waals surface area contributed by atoms with Crippen molar-refractivity contribution in [3.05, 3.63) is 65.5 Å². The van der Waals surface area contributed by atoms with Crippen molar-refractivity contribution in [1.82, 2.24) is 4.31 Å². The molecule has 0 spiro atoms. The number of hydrogen-bond donors (Lipinski definition) is 0. The average molecular weight is 348 g/mol. The fourth-order valence-corrected chi connectivity index (χ4v) is 4.38. The first-order valence-corrected chi connectivity index (χ1v) is 9.59. The number of hydrogen-bond acceptors (Lipinski definition) is 3. The maximum Gasteiger partial charge on any atom is 0.218 e. The van der Waals surface area contributed by atoms with E-state index in [1.807, 2.05) is 6.92 Å². The molecule has 2 aromatic carbocycles. The van der Waals surface area contributed by atoms with Crippen LogP contribution in [0, 0.1) is 12.7 Å². The number of aryl methyl sites for hydroxylation is 1. The molecule has 24 heavy (non-hydrogen) atoms. The van der Waals surface area contributed by atoms with Crippen molar-refractivity contribution in [2.45, 2.75) is 12.7 Å². The van der Waals surface area contributed by atoms with Crippen LogP contribution in [0.25, 0.3) is 0 Å². The lowest BCUT2D eigenvalue weighted by molar-refractivity contribution is 0.384. The molecule has 1 heterocycles.